The minimum absolute atomic E-state index is 0.101. The number of amides is 1. The van der Waals surface area contributed by atoms with E-state index in [0.717, 1.165) is 42.9 Å². The summed E-state index contributed by atoms with van der Waals surface area (Å²) in [5, 5.41) is 0. The van der Waals surface area contributed by atoms with Crippen molar-refractivity contribution in [3.05, 3.63) is 28.2 Å². The Morgan fingerprint density at radius 2 is 2.00 bits per heavy atom. The van der Waals surface area contributed by atoms with Gasteiger partial charge in [0, 0.05) is 31.7 Å². The number of halogens is 1. The molecule has 0 spiro atoms. The minimum atomic E-state index is 0.101. The lowest BCUT2D eigenvalue weighted by atomic mass is 10.1. The number of piperazine rings is 1. The quantitative estimate of drug-likeness (QED) is 0.844. The van der Waals surface area contributed by atoms with Crippen LogP contribution in [0.3, 0.4) is 0 Å². The van der Waals surface area contributed by atoms with Gasteiger partial charge in [-0.15, -0.1) is 0 Å². The highest BCUT2D eigenvalue weighted by Gasteiger charge is 2.22. The van der Waals surface area contributed by atoms with Crippen molar-refractivity contribution in [2.75, 3.05) is 39.8 Å². The molecule has 20 heavy (non-hydrogen) atoms. The molecule has 0 bridgehead atoms. The van der Waals surface area contributed by atoms with E-state index >= 15 is 0 Å². The lowest BCUT2D eigenvalue weighted by Crippen LogP contribution is -2.48. The summed E-state index contributed by atoms with van der Waals surface area (Å²) in [4.78, 5) is 16.8. The molecule has 1 fully saturated rings. The molecule has 1 aromatic rings. The topological polar surface area (TPSA) is 32.8 Å². The number of methoxy groups -OCH3 is 1. The highest BCUT2D eigenvalue weighted by Crippen LogP contribution is 2.26. The van der Waals surface area contributed by atoms with Crippen molar-refractivity contribution in [2.24, 2.45) is 0 Å². The molecule has 0 atom stereocenters. The fourth-order valence-electron chi connectivity index (χ4n) is 2.47. The number of benzene rings is 1. The minimum Gasteiger partial charge on any atom is -0.496 e. The maximum atomic E-state index is 12.5. The van der Waals surface area contributed by atoms with Gasteiger partial charge in [-0.3, -0.25) is 9.69 Å². The van der Waals surface area contributed by atoms with E-state index in [9.17, 15) is 4.79 Å². The predicted octanol–water partition coefficient (Wildman–Crippen LogP) is 2.63. The van der Waals surface area contributed by atoms with E-state index in [2.05, 4.69) is 27.8 Å². The third kappa shape index (κ3) is 3.52. The van der Waals surface area contributed by atoms with Crippen molar-refractivity contribution in [2.45, 2.75) is 13.3 Å². The van der Waals surface area contributed by atoms with E-state index in [1.807, 2.05) is 23.1 Å². The Morgan fingerprint density at radius 1 is 1.30 bits per heavy atom. The number of carbonyl (C=O) groups excluding carboxylic acids is 1. The van der Waals surface area contributed by atoms with Crippen LogP contribution in [0.15, 0.2) is 22.7 Å². The molecule has 0 unspecified atom stereocenters. The first-order chi connectivity index (χ1) is 9.65. The van der Waals surface area contributed by atoms with E-state index in [1.165, 1.54) is 6.42 Å². The van der Waals surface area contributed by atoms with Crippen molar-refractivity contribution < 1.29 is 9.53 Å². The highest BCUT2D eigenvalue weighted by molar-refractivity contribution is 9.10. The Morgan fingerprint density at radius 3 is 2.55 bits per heavy atom. The van der Waals surface area contributed by atoms with Gasteiger partial charge in [0.2, 0.25) is 0 Å². The molecule has 0 N–H and O–H groups in total. The van der Waals surface area contributed by atoms with Crippen LogP contribution >= 0.6 is 15.9 Å². The Balaban J connectivity index is 2.00. The fourth-order valence-corrected chi connectivity index (χ4v) is 3.01. The molecule has 4 nitrogen and oxygen atoms in total. The van der Waals surface area contributed by atoms with Gasteiger partial charge in [-0.25, -0.2) is 0 Å². The molecule has 1 amide bonds. The molecular weight excluding hydrogens is 320 g/mol. The number of carbonyl (C=O) groups is 1. The molecule has 1 saturated heterocycles. The third-order valence-corrected chi connectivity index (χ3v) is 4.22. The summed E-state index contributed by atoms with van der Waals surface area (Å²) in [5.41, 5.74) is 0.710. The number of hydrogen-bond donors (Lipinski definition) is 0. The van der Waals surface area contributed by atoms with Gasteiger partial charge in [-0.2, -0.15) is 0 Å². The van der Waals surface area contributed by atoms with Gasteiger partial charge in [-0.1, -0.05) is 6.92 Å². The Kier molecular flexibility index (Phi) is 5.43. The van der Waals surface area contributed by atoms with E-state index < -0.39 is 0 Å². The van der Waals surface area contributed by atoms with Gasteiger partial charge in [0.15, 0.2) is 0 Å². The van der Waals surface area contributed by atoms with Gasteiger partial charge >= 0.3 is 0 Å². The van der Waals surface area contributed by atoms with Crippen molar-refractivity contribution >= 4 is 21.8 Å². The van der Waals surface area contributed by atoms with Crippen LogP contribution in [0.25, 0.3) is 0 Å². The summed E-state index contributed by atoms with van der Waals surface area (Å²) in [6.45, 7) is 6.86. The normalized spacial score (nSPS) is 16.2. The second-order valence-corrected chi connectivity index (χ2v) is 5.84. The lowest BCUT2D eigenvalue weighted by molar-refractivity contribution is 0.0637. The monoisotopic (exact) mass is 340 g/mol. The maximum Gasteiger partial charge on any atom is 0.253 e. The van der Waals surface area contributed by atoms with Crippen molar-refractivity contribution in [1.82, 2.24) is 9.80 Å². The predicted molar refractivity (Wildman–Crippen MR) is 83.3 cm³/mol. The lowest BCUT2D eigenvalue weighted by Gasteiger charge is -2.34. The van der Waals surface area contributed by atoms with Crippen LogP contribution in [0, 0.1) is 0 Å². The van der Waals surface area contributed by atoms with Crippen LogP contribution in [-0.4, -0.2) is 55.5 Å². The molecule has 110 valence electrons. The van der Waals surface area contributed by atoms with Gasteiger partial charge in [-0.05, 0) is 47.1 Å². The van der Waals surface area contributed by atoms with E-state index in [0.29, 0.717) is 5.56 Å². The van der Waals surface area contributed by atoms with Gasteiger partial charge in [0.1, 0.15) is 5.75 Å². The van der Waals surface area contributed by atoms with Gasteiger partial charge < -0.3 is 9.64 Å². The SMILES string of the molecule is CCCN1CCN(C(=O)c2ccc(OC)c(Br)c2)CC1. The molecule has 1 aromatic carbocycles. The van der Waals surface area contributed by atoms with Gasteiger partial charge in [0.25, 0.3) is 5.91 Å². The molecule has 0 aliphatic carbocycles. The first-order valence-corrected chi connectivity index (χ1v) is 7.80. The second-order valence-electron chi connectivity index (χ2n) is 4.98. The van der Waals surface area contributed by atoms with Crippen molar-refractivity contribution in [1.29, 1.82) is 0 Å². The van der Waals surface area contributed by atoms with Crippen LogP contribution in [0.4, 0.5) is 0 Å². The number of hydrogen-bond acceptors (Lipinski definition) is 3. The van der Waals surface area contributed by atoms with Crippen LogP contribution in [0.2, 0.25) is 0 Å². The third-order valence-electron chi connectivity index (χ3n) is 3.60. The summed E-state index contributed by atoms with van der Waals surface area (Å²) < 4.78 is 6.00. The zero-order valence-electron chi connectivity index (χ0n) is 12.1. The number of rotatable bonds is 4. The smallest absolute Gasteiger partial charge is 0.253 e. The van der Waals surface area contributed by atoms with Gasteiger partial charge in [0.05, 0.1) is 11.6 Å². The zero-order chi connectivity index (χ0) is 14.5. The van der Waals surface area contributed by atoms with Crippen LogP contribution in [0.1, 0.15) is 23.7 Å². The molecule has 0 radical (unpaired) electrons. The fraction of sp³-hybridized carbons (Fsp3) is 0.533. The van der Waals surface area contributed by atoms with Crippen LogP contribution in [-0.2, 0) is 0 Å². The summed E-state index contributed by atoms with van der Waals surface area (Å²) in [5.74, 6) is 0.846. The first kappa shape index (κ1) is 15.3. The summed E-state index contributed by atoms with van der Waals surface area (Å²) >= 11 is 3.43. The summed E-state index contributed by atoms with van der Waals surface area (Å²) in [7, 11) is 1.62. The maximum absolute atomic E-state index is 12.5. The Bertz CT molecular complexity index is 471. The van der Waals surface area contributed by atoms with Crippen LogP contribution < -0.4 is 4.74 Å². The standard InChI is InChI=1S/C15H21BrN2O2/c1-3-6-17-7-9-18(10-8-17)15(19)12-4-5-14(20-2)13(16)11-12/h4-5,11H,3,6-10H2,1-2H3. The average molecular weight is 341 g/mol. The van der Waals surface area contributed by atoms with E-state index in [-0.39, 0.29) is 5.91 Å². The number of nitrogens with zero attached hydrogens (tertiary/aromatic N) is 2. The van der Waals surface area contributed by atoms with E-state index in [4.69, 9.17) is 4.74 Å². The first-order valence-electron chi connectivity index (χ1n) is 7.01. The second kappa shape index (κ2) is 7.09. The molecule has 5 heteroatoms. The van der Waals surface area contributed by atoms with Crippen molar-refractivity contribution in [3.8, 4) is 5.75 Å². The molecule has 1 aliphatic heterocycles. The average Bonchev–Trinajstić information content (AvgIpc) is 2.47. The van der Waals surface area contributed by atoms with E-state index in [1.54, 1.807) is 7.11 Å². The summed E-state index contributed by atoms with van der Waals surface area (Å²) in [6.07, 6.45) is 1.17. The largest absolute Gasteiger partial charge is 0.496 e. The molecular formula is C15H21BrN2O2. The summed E-state index contributed by atoms with van der Waals surface area (Å²) in [6, 6.07) is 5.48. The Labute approximate surface area is 128 Å². The molecule has 2 rings (SSSR count). The Hall–Kier alpha value is -1.07. The highest BCUT2D eigenvalue weighted by atomic mass is 79.9. The molecule has 1 heterocycles. The molecule has 0 aromatic heterocycles. The van der Waals surface area contributed by atoms with Crippen molar-refractivity contribution in [3.63, 3.8) is 0 Å². The van der Waals surface area contributed by atoms with Crippen LogP contribution in [0.5, 0.6) is 5.75 Å². The number of ether oxygens (including phenoxy) is 1. The molecule has 0 saturated carbocycles. The molecule has 1 aliphatic rings. The zero-order valence-corrected chi connectivity index (χ0v) is 13.6.